The number of amides is 1. The van der Waals surface area contributed by atoms with Gasteiger partial charge in [0.25, 0.3) is 17.2 Å². The lowest BCUT2D eigenvalue weighted by Gasteiger charge is -2.32. The van der Waals surface area contributed by atoms with Gasteiger partial charge in [0.15, 0.2) is 0 Å². The normalized spacial score (nSPS) is 14.5. The van der Waals surface area contributed by atoms with E-state index in [2.05, 4.69) is 10.1 Å². The molecule has 2 aromatic carbocycles. The van der Waals surface area contributed by atoms with Gasteiger partial charge in [-0.3, -0.25) is 29.8 Å². The third kappa shape index (κ3) is 5.35. The molecule has 0 spiro atoms. The molecule has 4 rings (SSSR count). The number of rotatable bonds is 7. The van der Waals surface area contributed by atoms with Crippen molar-refractivity contribution >= 4 is 17.8 Å². The molecule has 1 amide bonds. The van der Waals surface area contributed by atoms with Crippen LogP contribution in [0.5, 0.6) is 0 Å². The van der Waals surface area contributed by atoms with Gasteiger partial charge in [-0.1, -0.05) is 12.1 Å². The summed E-state index contributed by atoms with van der Waals surface area (Å²) in [6, 6.07) is 11.7. The van der Waals surface area contributed by atoms with Crippen LogP contribution in [0, 0.1) is 22.9 Å². The zero-order valence-corrected chi connectivity index (χ0v) is 19.2. The molecule has 3 aromatic rings. The number of aliphatic imine (C=N–C) groups is 1. The van der Waals surface area contributed by atoms with Gasteiger partial charge in [-0.2, -0.15) is 0 Å². The molecule has 1 fully saturated rings. The zero-order chi connectivity index (χ0) is 24.9. The Morgan fingerprint density at radius 2 is 1.89 bits per heavy atom. The number of non-ortho nitro benzene ring substituents is 1. The topological polar surface area (TPSA) is 118 Å². The summed E-state index contributed by atoms with van der Waals surface area (Å²) in [6.07, 6.45) is 1.55. The Morgan fingerprint density at radius 1 is 1.20 bits per heavy atom. The van der Waals surface area contributed by atoms with Crippen molar-refractivity contribution in [2.24, 2.45) is 4.99 Å². The van der Waals surface area contributed by atoms with E-state index in [0.717, 1.165) is 19.6 Å². The van der Waals surface area contributed by atoms with Crippen molar-refractivity contribution in [3.8, 4) is 5.69 Å². The summed E-state index contributed by atoms with van der Waals surface area (Å²) in [4.78, 5) is 43.0. The maximum atomic E-state index is 13.9. The van der Waals surface area contributed by atoms with E-state index in [1.807, 2.05) is 0 Å². The second kappa shape index (κ2) is 10.4. The number of nitrogens with zero attached hydrogens (tertiary/aromatic N) is 4. The van der Waals surface area contributed by atoms with Crippen LogP contribution in [0.4, 0.5) is 10.1 Å². The second-order valence-electron chi connectivity index (χ2n) is 8.37. The highest BCUT2D eigenvalue weighted by atomic mass is 19.1. The molecule has 182 valence electrons. The first-order valence-corrected chi connectivity index (χ1v) is 11.3. The second-order valence-corrected chi connectivity index (χ2v) is 8.37. The van der Waals surface area contributed by atoms with Crippen LogP contribution in [0.25, 0.3) is 5.69 Å². The van der Waals surface area contributed by atoms with E-state index in [1.165, 1.54) is 46.0 Å². The highest BCUT2D eigenvalue weighted by Crippen LogP contribution is 2.14. The molecule has 35 heavy (non-hydrogen) atoms. The van der Waals surface area contributed by atoms with Crippen LogP contribution in [0.2, 0.25) is 0 Å². The smallest absolute Gasteiger partial charge is 0.280 e. The van der Waals surface area contributed by atoms with E-state index in [1.54, 1.807) is 30.2 Å². The Kier molecular flexibility index (Phi) is 7.16. The molecule has 0 unspecified atom stereocenters. The summed E-state index contributed by atoms with van der Waals surface area (Å²) in [7, 11) is 0. The molecule has 2 heterocycles. The van der Waals surface area contributed by atoms with Crippen LogP contribution >= 0.6 is 0 Å². The minimum atomic E-state index is -0.505. The van der Waals surface area contributed by atoms with Gasteiger partial charge in [-0.05, 0) is 31.2 Å². The molecule has 0 aliphatic carbocycles. The summed E-state index contributed by atoms with van der Waals surface area (Å²) in [5, 5.41) is 13.8. The number of aromatic amines is 1. The summed E-state index contributed by atoms with van der Waals surface area (Å²) >= 11 is 0. The lowest BCUT2D eigenvalue weighted by atomic mass is 10.1. The molecule has 10 nitrogen and oxygen atoms in total. The van der Waals surface area contributed by atoms with E-state index < -0.39 is 10.7 Å². The number of carbonyl (C=O) groups excluding carboxylic acids is 1. The first kappa shape index (κ1) is 24.0. The molecule has 2 N–H and O–H groups in total. The van der Waals surface area contributed by atoms with Gasteiger partial charge in [-0.15, -0.1) is 0 Å². The van der Waals surface area contributed by atoms with Crippen molar-refractivity contribution in [1.29, 1.82) is 0 Å². The number of nitrogens with one attached hydrogen (secondary N) is 2. The molecule has 1 aliphatic rings. The quantitative estimate of drug-likeness (QED) is 0.297. The fourth-order valence-electron chi connectivity index (χ4n) is 4.08. The zero-order valence-electron chi connectivity index (χ0n) is 19.2. The Labute approximate surface area is 200 Å². The highest BCUT2D eigenvalue weighted by Gasteiger charge is 2.25. The number of quaternary nitrogens is 1. The maximum absolute atomic E-state index is 13.9. The number of nitro groups is 1. The van der Waals surface area contributed by atoms with Crippen LogP contribution in [-0.4, -0.2) is 71.0 Å². The van der Waals surface area contributed by atoms with Gasteiger partial charge >= 0.3 is 0 Å². The number of H-pyrrole nitrogens is 1. The van der Waals surface area contributed by atoms with Crippen molar-refractivity contribution in [2.45, 2.75) is 6.92 Å². The Hall–Kier alpha value is -4.12. The van der Waals surface area contributed by atoms with Gasteiger partial charge in [-0.25, -0.2) is 9.07 Å². The van der Waals surface area contributed by atoms with Crippen molar-refractivity contribution in [3.05, 3.63) is 91.6 Å². The molecule has 0 atom stereocenters. The number of benzene rings is 2. The average Bonchev–Trinajstić information content (AvgIpc) is 3.15. The van der Waals surface area contributed by atoms with Gasteiger partial charge in [0.05, 0.1) is 61.0 Å². The molecular formula is C24H26FN6O4+. The number of carbonyl (C=O) groups is 1. The van der Waals surface area contributed by atoms with Crippen LogP contribution < -0.4 is 10.5 Å². The first-order chi connectivity index (χ1) is 16.8. The van der Waals surface area contributed by atoms with E-state index in [4.69, 9.17) is 0 Å². The lowest BCUT2D eigenvalue weighted by Crippen LogP contribution is -3.15. The fraction of sp³-hybridized carbons (Fsp3) is 0.292. The van der Waals surface area contributed by atoms with Crippen molar-refractivity contribution in [3.63, 3.8) is 0 Å². The largest absolute Gasteiger partial charge is 0.330 e. The molecule has 0 bridgehead atoms. The summed E-state index contributed by atoms with van der Waals surface area (Å²) in [5.41, 5.74) is 1.33. The van der Waals surface area contributed by atoms with E-state index in [0.29, 0.717) is 36.6 Å². The molecule has 0 saturated carbocycles. The highest BCUT2D eigenvalue weighted by molar-refractivity contribution is 5.94. The van der Waals surface area contributed by atoms with Gasteiger partial charge < -0.3 is 9.80 Å². The monoisotopic (exact) mass is 481 g/mol. The van der Waals surface area contributed by atoms with Crippen molar-refractivity contribution in [2.75, 3.05) is 39.3 Å². The molecule has 1 saturated heterocycles. The maximum Gasteiger partial charge on any atom is 0.280 e. The first-order valence-electron chi connectivity index (χ1n) is 11.3. The summed E-state index contributed by atoms with van der Waals surface area (Å²) in [6.45, 7) is 5.60. The number of aromatic nitrogens is 2. The third-order valence-electron chi connectivity index (χ3n) is 6.11. The van der Waals surface area contributed by atoms with Crippen LogP contribution in [0.3, 0.4) is 0 Å². The van der Waals surface area contributed by atoms with Crippen LogP contribution in [0.15, 0.2) is 58.3 Å². The number of aryl methyl sites for hydroxylation is 1. The number of piperazine rings is 1. The molecule has 11 heteroatoms. The number of nitro benzene ring substituents is 1. The van der Waals surface area contributed by atoms with Crippen LogP contribution in [-0.2, 0) is 0 Å². The van der Waals surface area contributed by atoms with Gasteiger partial charge in [0.2, 0.25) is 0 Å². The third-order valence-corrected chi connectivity index (χ3v) is 6.11. The fourth-order valence-corrected chi connectivity index (χ4v) is 4.08. The summed E-state index contributed by atoms with van der Waals surface area (Å²) < 4.78 is 15.2. The van der Waals surface area contributed by atoms with Crippen molar-refractivity contribution < 1.29 is 19.0 Å². The Morgan fingerprint density at radius 3 is 2.54 bits per heavy atom. The van der Waals surface area contributed by atoms with E-state index in [9.17, 15) is 24.1 Å². The average molecular weight is 482 g/mol. The standard InChI is InChI=1S/C24H25FN6O4/c1-17-21(24(33)30(27-17)18-6-8-19(9-7-18)31(34)35)16-26-10-11-28-12-14-29(15-13-28)23(32)20-4-2-3-5-22(20)25/h2-9,16,27H,10-15H2,1H3/p+1. The molecule has 0 radical (unpaired) electrons. The molecule has 1 aliphatic heterocycles. The molecule has 1 aromatic heterocycles. The Bertz CT molecular complexity index is 1310. The number of halogens is 1. The predicted octanol–water partition coefficient (Wildman–Crippen LogP) is 0.981. The molecular weight excluding hydrogens is 455 g/mol. The van der Waals surface area contributed by atoms with Gasteiger partial charge in [0, 0.05) is 24.0 Å². The minimum absolute atomic E-state index is 0.0493. The predicted molar refractivity (Wildman–Crippen MR) is 128 cm³/mol. The lowest BCUT2D eigenvalue weighted by molar-refractivity contribution is -0.902. The SMILES string of the molecule is Cc1[nH]n(-c2ccc([N+](=O)[O-])cc2)c(=O)c1C=NCC[NH+]1CCN(C(=O)c2ccccc2F)CC1. The van der Waals surface area contributed by atoms with E-state index >= 15 is 0 Å². The minimum Gasteiger partial charge on any atom is -0.330 e. The van der Waals surface area contributed by atoms with E-state index in [-0.39, 0.29) is 22.7 Å². The Balaban J connectivity index is 1.31. The van der Waals surface area contributed by atoms with Crippen LogP contribution in [0.1, 0.15) is 21.6 Å². The van der Waals surface area contributed by atoms with Gasteiger partial charge in [0.1, 0.15) is 5.82 Å². The summed E-state index contributed by atoms with van der Waals surface area (Å²) in [5.74, 6) is -0.790. The number of hydrogen-bond donors (Lipinski definition) is 2. The van der Waals surface area contributed by atoms with Crippen molar-refractivity contribution in [1.82, 2.24) is 14.7 Å². The number of hydrogen-bond acceptors (Lipinski definition) is 5.